The number of H-pyrrole nitrogens is 1. The van der Waals surface area contributed by atoms with E-state index in [0.29, 0.717) is 11.5 Å². The number of ether oxygens (including phenoxy) is 5. The molecule has 2 N–H and O–H groups in total. The summed E-state index contributed by atoms with van der Waals surface area (Å²) >= 11 is 0. The molecule has 0 radical (unpaired) electrons. The highest BCUT2D eigenvalue weighted by atomic mass is 16.6. The minimum atomic E-state index is -1.31. The monoisotopic (exact) mass is 754 g/mol. The molecule has 11 nitrogen and oxygen atoms in total. The largest absolute Gasteiger partial charge is 0.497 e. The number of nitrogens with one attached hydrogen (secondary N) is 1. The number of aromatic amines is 1. The van der Waals surface area contributed by atoms with Crippen molar-refractivity contribution in [2.45, 2.75) is 36.6 Å². The molecule has 286 valence electrons. The van der Waals surface area contributed by atoms with E-state index in [9.17, 15) is 19.5 Å². The molecule has 7 rings (SSSR count). The Bertz CT molecular complexity index is 2230. The summed E-state index contributed by atoms with van der Waals surface area (Å²) in [4.78, 5) is 41.4. The molecule has 2 heterocycles. The predicted molar refractivity (Wildman–Crippen MR) is 208 cm³/mol. The van der Waals surface area contributed by atoms with Gasteiger partial charge in [-0.15, -0.1) is 0 Å². The Morgan fingerprint density at radius 3 is 1.73 bits per heavy atom. The first-order valence-electron chi connectivity index (χ1n) is 18.2. The van der Waals surface area contributed by atoms with Crippen molar-refractivity contribution < 1.29 is 33.6 Å². The number of carbonyl (C=O) groups is 1. The maximum atomic E-state index is 13.9. The first-order chi connectivity index (χ1) is 27.3. The highest BCUT2D eigenvalue weighted by Crippen LogP contribution is 2.44. The molecule has 1 aromatic heterocycles. The standard InChI is InChI=1S/C45H42N2O9/c1-52-35-22-18-33(19-23-35)45(32-16-10-5-11-17-32,34-20-24-36(53-2)25-21-34)54-29-38-41(50)37(43(55-38)47-27-26-39(48)46-44(47)51)28-40(49)56-42(30-12-6-3-7-13-30)31-14-8-4-9-15-31/h3-27,37-38,41-43,50H,28-29H2,1-2H3,(H,46,48,51)/t37-,38-,41+,43-/m1/s1. The molecule has 0 amide bonds. The van der Waals surface area contributed by atoms with Crippen molar-refractivity contribution in [3.63, 3.8) is 0 Å². The predicted octanol–water partition coefficient (Wildman–Crippen LogP) is 6.16. The Balaban J connectivity index is 1.24. The van der Waals surface area contributed by atoms with Crippen LogP contribution in [0, 0.1) is 5.92 Å². The number of aromatic nitrogens is 2. The zero-order chi connectivity index (χ0) is 39.1. The van der Waals surface area contributed by atoms with Gasteiger partial charge in [0.15, 0.2) is 6.10 Å². The van der Waals surface area contributed by atoms with Crippen LogP contribution in [0.2, 0.25) is 0 Å². The molecule has 4 atom stereocenters. The van der Waals surface area contributed by atoms with E-state index in [4.69, 9.17) is 23.7 Å². The molecule has 0 unspecified atom stereocenters. The SMILES string of the molecule is COc1ccc(C(OC[C@H]2O[C@@H](n3ccc(=O)[nH]c3=O)[C@H](CC(=O)OC(c3ccccc3)c3ccccc3)[C@@H]2O)(c2ccccc2)c2ccc(OC)cc2)cc1. The van der Waals surface area contributed by atoms with E-state index in [1.54, 1.807) is 14.2 Å². The zero-order valence-corrected chi connectivity index (χ0v) is 30.9. The summed E-state index contributed by atoms with van der Waals surface area (Å²) in [6.45, 7) is -0.176. The van der Waals surface area contributed by atoms with Crippen LogP contribution in [-0.4, -0.2) is 53.7 Å². The number of hydrogen-bond acceptors (Lipinski definition) is 9. The van der Waals surface area contributed by atoms with Crippen LogP contribution in [0.15, 0.2) is 161 Å². The van der Waals surface area contributed by atoms with E-state index in [1.807, 2.05) is 140 Å². The van der Waals surface area contributed by atoms with Crippen molar-refractivity contribution in [2.24, 2.45) is 5.92 Å². The van der Waals surface area contributed by atoms with Crippen LogP contribution in [0.5, 0.6) is 11.5 Å². The molecule has 1 saturated heterocycles. The van der Waals surface area contributed by atoms with E-state index in [-0.39, 0.29) is 13.0 Å². The number of benzene rings is 5. The molecule has 1 aliphatic rings. The van der Waals surface area contributed by atoms with Gasteiger partial charge in [0.05, 0.1) is 33.4 Å². The molecule has 0 bridgehead atoms. The Morgan fingerprint density at radius 2 is 1.23 bits per heavy atom. The average Bonchev–Trinajstić information content (AvgIpc) is 3.54. The van der Waals surface area contributed by atoms with Crippen LogP contribution in [0.3, 0.4) is 0 Å². The normalized spacial score (nSPS) is 18.1. The van der Waals surface area contributed by atoms with Gasteiger partial charge in [-0.3, -0.25) is 19.1 Å². The van der Waals surface area contributed by atoms with Crippen LogP contribution in [0.25, 0.3) is 0 Å². The van der Waals surface area contributed by atoms with Crippen molar-refractivity contribution in [3.05, 3.63) is 200 Å². The molecule has 5 aromatic carbocycles. The highest BCUT2D eigenvalue weighted by Gasteiger charge is 2.48. The lowest BCUT2D eigenvalue weighted by molar-refractivity contribution is -0.150. The number of esters is 1. The quantitative estimate of drug-likeness (QED) is 0.0990. The van der Waals surface area contributed by atoms with Crippen molar-refractivity contribution in [2.75, 3.05) is 20.8 Å². The summed E-state index contributed by atoms with van der Waals surface area (Å²) in [7, 11) is 3.19. The molecule has 0 saturated carbocycles. The molecule has 0 spiro atoms. The minimum absolute atomic E-state index is 0.176. The maximum Gasteiger partial charge on any atom is 0.330 e. The first kappa shape index (κ1) is 38.0. The molecular weight excluding hydrogens is 712 g/mol. The third-order valence-corrected chi connectivity index (χ3v) is 10.1. The van der Waals surface area contributed by atoms with Gasteiger partial charge in [-0.1, -0.05) is 115 Å². The molecule has 1 aliphatic heterocycles. The van der Waals surface area contributed by atoms with Crippen LogP contribution in [0.4, 0.5) is 0 Å². The fourth-order valence-corrected chi connectivity index (χ4v) is 7.30. The number of aliphatic hydroxyl groups excluding tert-OH is 1. The van der Waals surface area contributed by atoms with Crippen molar-refractivity contribution in [1.82, 2.24) is 9.55 Å². The third kappa shape index (κ3) is 7.92. The lowest BCUT2D eigenvalue weighted by Gasteiger charge is -2.37. The number of aliphatic hydroxyl groups is 1. The second-order valence-corrected chi connectivity index (χ2v) is 13.4. The van der Waals surface area contributed by atoms with Crippen LogP contribution < -0.4 is 20.7 Å². The molecule has 0 aliphatic carbocycles. The van der Waals surface area contributed by atoms with Gasteiger partial charge >= 0.3 is 11.7 Å². The van der Waals surface area contributed by atoms with Crippen LogP contribution in [0.1, 0.15) is 46.6 Å². The van der Waals surface area contributed by atoms with Gasteiger partial charge in [-0.25, -0.2) is 4.79 Å². The first-order valence-corrected chi connectivity index (χ1v) is 18.2. The summed E-state index contributed by atoms with van der Waals surface area (Å²) in [5.41, 5.74) is 1.28. The summed E-state index contributed by atoms with van der Waals surface area (Å²) in [6, 6.07) is 44.6. The molecule has 56 heavy (non-hydrogen) atoms. The minimum Gasteiger partial charge on any atom is -0.497 e. The van der Waals surface area contributed by atoms with Gasteiger partial charge in [0.25, 0.3) is 5.56 Å². The molecule has 6 aromatic rings. The molecular formula is C45H42N2O9. The van der Waals surface area contributed by atoms with Crippen LogP contribution in [-0.2, 0) is 24.6 Å². The van der Waals surface area contributed by atoms with Gasteiger partial charge < -0.3 is 28.8 Å². The molecule has 1 fully saturated rings. The number of carbonyl (C=O) groups excluding carboxylic acids is 1. The van der Waals surface area contributed by atoms with Crippen LogP contribution >= 0.6 is 0 Å². The molecule has 11 heteroatoms. The number of methoxy groups -OCH3 is 2. The number of nitrogens with zero attached hydrogens (tertiary/aromatic N) is 1. The summed E-state index contributed by atoms with van der Waals surface area (Å²) in [5, 5.41) is 12.1. The second kappa shape index (κ2) is 17.0. The topological polar surface area (TPSA) is 138 Å². The van der Waals surface area contributed by atoms with E-state index in [2.05, 4.69) is 4.98 Å². The Morgan fingerprint density at radius 1 is 0.732 bits per heavy atom. The van der Waals surface area contributed by atoms with E-state index < -0.39 is 53.3 Å². The van der Waals surface area contributed by atoms with E-state index in [1.165, 1.54) is 16.8 Å². The Kier molecular flexibility index (Phi) is 11.6. The van der Waals surface area contributed by atoms with Crippen molar-refractivity contribution in [3.8, 4) is 11.5 Å². The lowest BCUT2D eigenvalue weighted by Crippen LogP contribution is -2.39. The smallest absolute Gasteiger partial charge is 0.330 e. The van der Waals surface area contributed by atoms with E-state index in [0.717, 1.165) is 27.8 Å². The average molecular weight is 755 g/mol. The highest BCUT2D eigenvalue weighted by molar-refractivity contribution is 5.70. The van der Waals surface area contributed by atoms with E-state index >= 15 is 0 Å². The summed E-state index contributed by atoms with van der Waals surface area (Å²) in [6.07, 6.45) is -3.24. The summed E-state index contributed by atoms with van der Waals surface area (Å²) in [5.74, 6) is -0.272. The Hall–Kier alpha value is -6.27. The van der Waals surface area contributed by atoms with Crippen molar-refractivity contribution in [1.29, 1.82) is 0 Å². The fraction of sp³-hybridized carbons (Fsp3) is 0.222. The van der Waals surface area contributed by atoms with Gasteiger partial charge in [0.1, 0.15) is 29.4 Å². The number of rotatable bonds is 14. The summed E-state index contributed by atoms with van der Waals surface area (Å²) < 4.78 is 31.7. The maximum absolute atomic E-state index is 13.9. The van der Waals surface area contributed by atoms with Gasteiger partial charge in [-0.05, 0) is 52.1 Å². The van der Waals surface area contributed by atoms with Crippen molar-refractivity contribution >= 4 is 5.97 Å². The lowest BCUT2D eigenvalue weighted by atomic mass is 9.80. The number of hydrogen-bond donors (Lipinski definition) is 2. The van der Waals surface area contributed by atoms with Gasteiger partial charge in [0, 0.05) is 18.2 Å². The zero-order valence-electron chi connectivity index (χ0n) is 30.9. The van der Waals surface area contributed by atoms with Gasteiger partial charge in [-0.2, -0.15) is 0 Å². The Labute approximate surface area is 323 Å². The van der Waals surface area contributed by atoms with Gasteiger partial charge in [0.2, 0.25) is 0 Å². The third-order valence-electron chi connectivity index (χ3n) is 10.1. The second-order valence-electron chi connectivity index (χ2n) is 13.4. The fourth-order valence-electron chi connectivity index (χ4n) is 7.30.